The highest BCUT2D eigenvalue weighted by atomic mass is 16.5. The summed E-state index contributed by atoms with van der Waals surface area (Å²) < 4.78 is 11.1. The van der Waals surface area contributed by atoms with E-state index in [1.54, 1.807) is 0 Å². The third-order valence-electron chi connectivity index (χ3n) is 3.73. The molecule has 2 heterocycles. The summed E-state index contributed by atoms with van der Waals surface area (Å²) in [7, 11) is 2.13. The van der Waals surface area contributed by atoms with E-state index in [0.29, 0.717) is 12.5 Å². The van der Waals surface area contributed by atoms with Gasteiger partial charge in [0.25, 0.3) is 0 Å². The molecule has 0 aromatic carbocycles. The molecule has 0 saturated carbocycles. The highest BCUT2D eigenvalue weighted by Crippen LogP contribution is 2.24. The number of nitrogens with zero attached hydrogens (tertiary/aromatic N) is 1. The van der Waals surface area contributed by atoms with Crippen LogP contribution in [0.3, 0.4) is 0 Å². The van der Waals surface area contributed by atoms with Gasteiger partial charge in [0.2, 0.25) is 0 Å². The summed E-state index contributed by atoms with van der Waals surface area (Å²) >= 11 is 0. The van der Waals surface area contributed by atoms with Crippen molar-refractivity contribution in [3.63, 3.8) is 0 Å². The predicted molar refractivity (Wildman–Crippen MR) is 71.4 cm³/mol. The van der Waals surface area contributed by atoms with Crippen molar-refractivity contribution >= 4 is 0 Å². The first-order valence-corrected chi connectivity index (χ1v) is 6.75. The molecule has 18 heavy (non-hydrogen) atoms. The Morgan fingerprint density at radius 1 is 1.39 bits per heavy atom. The molecule has 1 saturated heterocycles. The van der Waals surface area contributed by atoms with Crippen LogP contribution >= 0.6 is 0 Å². The van der Waals surface area contributed by atoms with Crippen molar-refractivity contribution in [2.75, 3.05) is 33.4 Å². The molecule has 4 nitrogen and oxygen atoms in total. The summed E-state index contributed by atoms with van der Waals surface area (Å²) in [5.74, 6) is 2.64. The third kappa shape index (κ3) is 3.34. The van der Waals surface area contributed by atoms with E-state index in [1.165, 1.54) is 0 Å². The molecular weight excluding hydrogens is 228 g/mol. The molecule has 1 atom stereocenters. The average Bonchev–Trinajstić information content (AvgIpc) is 2.78. The Hall–Kier alpha value is -0.840. The topological polar surface area (TPSA) is 51.6 Å². The number of likely N-dealkylation sites (N-methyl/N-ethyl adjacent to an activating group) is 1. The molecule has 1 fully saturated rings. The van der Waals surface area contributed by atoms with Gasteiger partial charge in [-0.25, -0.2) is 0 Å². The van der Waals surface area contributed by atoms with Crippen LogP contribution in [0.5, 0.6) is 0 Å². The van der Waals surface area contributed by atoms with Gasteiger partial charge in [-0.3, -0.25) is 4.90 Å². The number of nitrogens with two attached hydrogens (primary N) is 1. The molecule has 102 valence electrons. The molecule has 0 spiro atoms. The van der Waals surface area contributed by atoms with Crippen molar-refractivity contribution in [1.82, 2.24) is 4.90 Å². The first-order valence-electron chi connectivity index (χ1n) is 6.75. The summed E-state index contributed by atoms with van der Waals surface area (Å²) in [6.45, 7) is 5.41. The highest BCUT2D eigenvalue weighted by Gasteiger charge is 2.23. The van der Waals surface area contributed by atoms with Crippen LogP contribution in [0.1, 0.15) is 30.4 Å². The van der Waals surface area contributed by atoms with Crippen molar-refractivity contribution in [2.45, 2.75) is 25.8 Å². The van der Waals surface area contributed by atoms with E-state index >= 15 is 0 Å². The van der Waals surface area contributed by atoms with E-state index in [4.69, 9.17) is 14.9 Å². The van der Waals surface area contributed by atoms with Gasteiger partial charge in [0.05, 0.1) is 6.04 Å². The van der Waals surface area contributed by atoms with Crippen molar-refractivity contribution < 1.29 is 9.15 Å². The quantitative estimate of drug-likeness (QED) is 0.870. The number of hydrogen-bond donors (Lipinski definition) is 1. The molecule has 0 radical (unpaired) electrons. The Bertz CT molecular complexity index is 358. The van der Waals surface area contributed by atoms with Crippen LogP contribution in [0, 0.1) is 12.8 Å². The van der Waals surface area contributed by atoms with Crippen LogP contribution in [0.4, 0.5) is 0 Å². The normalized spacial score (nSPS) is 19.3. The third-order valence-corrected chi connectivity index (χ3v) is 3.73. The van der Waals surface area contributed by atoms with Crippen LogP contribution in [0.25, 0.3) is 0 Å². The first kappa shape index (κ1) is 13.6. The van der Waals surface area contributed by atoms with Crippen LogP contribution in [0.2, 0.25) is 0 Å². The number of aryl methyl sites for hydroxylation is 1. The zero-order valence-electron chi connectivity index (χ0n) is 11.4. The van der Waals surface area contributed by atoms with E-state index in [-0.39, 0.29) is 6.04 Å². The molecule has 0 aliphatic carbocycles. The lowest BCUT2D eigenvalue weighted by Crippen LogP contribution is -2.35. The Morgan fingerprint density at radius 3 is 2.67 bits per heavy atom. The second-order valence-electron chi connectivity index (χ2n) is 5.20. The molecule has 2 rings (SSSR count). The van der Waals surface area contributed by atoms with Gasteiger partial charge < -0.3 is 14.9 Å². The minimum atomic E-state index is 0.182. The molecule has 1 aromatic heterocycles. The fourth-order valence-corrected chi connectivity index (χ4v) is 2.61. The van der Waals surface area contributed by atoms with Gasteiger partial charge in [0.15, 0.2) is 0 Å². The Kier molecular flexibility index (Phi) is 4.80. The van der Waals surface area contributed by atoms with E-state index < -0.39 is 0 Å². The minimum absolute atomic E-state index is 0.182. The predicted octanol–water partition coefficient (Wildman–Crippen LogP) is 1.95. The van der Waals surface area contributed by atoms with Gasteiger partial charge in [-0.15, -0.1) is 0 Å². The molecular formula is C14H24N2O2. The van der Waals surface area contributed by atoms with Crippen LogP contribution in [-0.2, 0) is 4.74 Å². The average molecular weight is 252 g/mol. The van der Waals surface area contributed by atoms with Crippen molar-refractivity contribution in [2.24, 2.45) is 11.7 Å². The van der Waals surface area contributed by atoms with Gasteiger partial charge in [0.1, 0.15) is 11.5 Å². The second kappa shape index (κ2) is 6.36. The molecule has 0 bridgehead atoms. The maximum Gasteiger partial charge on any atom is 0.122 e. The first-order chi connectivity index (χ1) is 8.70. The molecule has 1 aliphatic rings. The Morgan fingerprint density at radius 2 is 2.11 bits per heavy atom. The molecule has 4 heteroatoms. The standard InChI is InChI=1S/C14H24N2O2/c1-11-3-4-14(18-11)13(9-15)16(2)10-12-5-7-17-8-6-12/h3-4,12-13H,5-10,15H2,1-2H3. The van der Waals surface area contributed by atoms with E-state index in [9.17, 15) is 0 Å². The summed E-state index contributed by atoms with van der Waals surface area (Å²) in [5.41, 5.74) is 5.89. The fourth-order valence-electron chi connectivity index (χ4n) is 2.61. The summed E-state index contributed by atoms with van der Waals surface area (Å²) in [5, 5.41) is 0. The molecule has 2 N–H and O–H groups in total. The molecule has 0 amide bonds. The Labute approximate surface area is 109 Å². The molecule has 1 aliphatic heterocycles. The number of ether oxygens (including phenoxy) is 1. The van der Waals surface area contributed by atoms with Crippen molar-refractivity contribution in [3.8, 4) is 0 Å². The van der Waals surface area contributed by atoms with E-state index in [2.05, 4.69) is 11.9 Å². The van der Waals surface area contributed by atoms with Gasteiger partial charge >= 0.3 is 0 Å². The van der Waals surface area contributed by atoms with E-state index in [1.807, 2.05) is 19.1 Å². The largest absolute Gasteiger partial charge is 0.465 e. The maximum absolute atomic E-state index is 5.89. The summed E-state index contributed by atoms with van der Waals surface area (Å²) in [6.07, 6.45) is 2.30. The lowest BCUT2D eigenvalue weighted by Gasteiger charge is -2.31. The lowest BCUT2D eigenvalue weighted by molar-refractivity contribution is 0.0492. The number of hydrogen-bond acceptors (Lipinski definition) is 4. The second-order valence-corrected chi connectivity index (χ2v) is 5.20. The smallest absolute Gasteiger partial charge is 0.122 e. The van der Waals surface area contributed by atoms with Crippen molar-refractivity contribution in [3.05, 3.63) is 23.7 Å². The van der Waals surface area contributed by atoms with Gasteiger partial charge in [0, 0.05) is 26.3 Å². The molecule has 1 aromatic rings. The maximum atomic E-state index is 5.89. The SMILES string of the molecule is Cc1ccc(C(CN)N(C)CC2CCOCC2)o1. The highest BCUT2D eigenvalue weighted by molar-refractivity contribution is 5.10. The number of furan rings is 1. The summed E-state index contributed by atoms with van der Waals surface area (Å²) in [6, 6.07) is 4.22. The monoisotopic (exact) mass is 252 g/mol. The van der Waals surface area contributed by atoms with Crippen molar-refractivity contribution in [1.29, 1.82) is 0 Å². The van der Waals surface area contributed by atoms with Crippen LogP contribution < -0.4 is 5.73 Å². The fraction of sp³-hybridized carbons (Fsp3) is 0.714. The van der Waals surface area contributed by atoms with Gasteiger partial charge in [-0.05, 0) is 44.9 Å². The van der Waals surface area contributed by atoms with Crippen LogP contribution in [0.15, 0.2) is 16.5 Å². The number of rotatable bonds is 5. The van der Waals surface area contributed by atoms with Gasteiger partial charge in [-0.2, -0.15) is 0 Å². The lowest BCUT2D eigenvalue weighted by atomic mass is 9.99. The Balaban J connectivity index is 1.94. The zero-order valence-corrected chi connectivity index (χ0v) is 11.4. The zero-order chi connectivity index (χ0) is 13.0. The van der Waals surface area contributed by atoms with Gasteiger partial charge in [-0.1, -0.05) is 0 Å². The summed E-state index contributed by atoms with van der Waals surface area (Å²) in [4.78, 5) is 2.31. The molecule has 1 unspecified atom stereocenters. The minimum Gasteiger partial charge on any atom is -0.465 e. The van der Waals surface area contributed by atoms with Crippen LogP contribution in [-0.4, -0.2) is 38.3 Å². The van der Waals surface area contributed by atoms with E-state index in [0.717, 1.165) is 44.1 Å².